The smallest absolute Gasteiger partial charge is 0.0734 e. The number of pyridine rings is 3. The average molecular weight is 394 g/mol. The highest BCUT2D eigenvalue weighted by Gasteiger charge is 2.19. The van der Waals surface area contributed by atoms with Crippen molar-refractivity contribution < 1.29 is 0 Å². The Balaban J connectivity index is 1.72. The normalized spacial score (nSPS) is 11.6. The summed E-state index contributed by atoms with van der Waals surface area (Å²) >= 11 is 0. The summed E-state index contributed by atoms with van der Waals surface area (Å²) in [5, 5.41) is 0. The number of hydrogen-bond acceptors (Lipinski definition) is 3. The summed E-state index contributed by atoms with van der Waals surface area (Å²) in [6, 6.07) is 21.3. The fourth-order valence-corrected chi connectivity index (χ4v) is 3.80. The molecule has 4 aromatic rings. The predicted octanol–water partition coefficient (Wildman–Crippen LogP) is 6.21. The van der Waals surface area contributed by atoms with Crippen LogP contribution in [0.5, 0.6) is 0 Å². The molecule has 150 valence electrons. The van der Waals surface area contributed by atoms with Gasteiger partial charge in [-0.1, -0.05) is 63.2 Å². The number of nitrogens with zero attached hydrogens (tertiary/aromatic N) is 3. The minimum absolute atomic E-state index is 0.136. The van der Waals surface area contributed by atoms with Gasteiger partial charge in [-0.2, -0.15) is 0 Å². The zero-order valence-electron chi connectivity index (χ0n) is 17.8. The van der Waals surface area contributed by atoms with Gasteiger partial charge >= 0.3 is 0 Å². The van der Waals surface area contributed by atoms with Gasteiger partial charge in [-0.05, 0) is 52.3 Å². The molecule has 1 aromatic carbocycles. The lowest BCUT2D eigenvalue weighted by Gasteiger charge is -2.21. The van der Waals surface area contributed by atoms with Gasteiger partial charge in [-0.3, -0.25) is 15.0 Å². The Morgan fingerprint density at radius 1 is 0.733 bits per heavy atom. The standard InChI is InChI=1S/C27H27N3/c1-27(2,3)24-12-10-20(11-13-24)26-21(7-6-16-30-26)17-25(22-8-4-14-28-18-22)23-9-5-15-29-19-23/h4-16,18-19,25H,17H2,1-3H3. The largest absolute Gasteiger partial charge is 0.264 e. The van der Waals surface area contributed by atoms with Crippen LogP contribution in [0.3, 0.4) is 0 Å². The molecule has 0 atom stereocenters. The second-order valence-corrected chi connectivity index (χ2v) is 8.67. The molecule has 0 spiro atoms. The molecule has 0 aliphatic carbocycles. The van der Waals surface area contributed by atoms with Crippen molar-refractivity contribution >= 4 is 0 Å². The summed E-state index contributed by atoms with van der Waals surface area (Å²) in [6.07, 6.45) is 10.2. The van der Waals surface area contributed by atoms with Gasteiger partial charge in [0.2, 0.25) is 0 Å². The predicted molar refractivity (Wildman–Crippen MR) is 122 cm³/mol. The fraction of sp³-hybridized carbons (Fsp3) is 0.222. The van der Waals surface area contributed by atoms with E-state index in [-0.39, 0.29) is 11.3 Å². The molecule has 0 fully saturated rings. The third-order valence-electron chi connectivity index (χ3n) is 5.51. The first kappa shape index (κ1) is 20.0. The van der Waals surface area contributed by atoms with Crippen molar-refractivity contribution in [2.45, 2.75) is 38.5 Å². The van der Waals surface area contributed by atoms with E-state index in [2.05, 4.69) is 73.2 Å². The Morgan fingerprint density at radius 3 is 1.87 bits per heavy atom. The van der Waals surface area contributed by atoms with Crippen LogP contribution in [0.1, 0.15) is 48.9 Å². The number of hydrogen-bond donors (Lipinski definition) is 0. The second kappa shape index (κ2) is 8.58. The zero-order chi connectivity index (χ0) is 21.0. The molecule has 0 unspecified atom stereocenters. The van der Waals surface area contributed by atoms with E-state index in [1.807, 2.05) is 49.2 Å². The van der Waals surface area contributed by atoms with Crippen molar-refractivity contribution in [3.63, 3.8) is 0 Å². The van der Waals surface area contributed by atoms with Crippen LogP contribution in [0, 0.1) is 0 Å². The van der Waals surface area contributed by atoms with Crippen LogP contribution in [-0.4, -0.2) is 15.0 Å². The van der Waals surface area contributed by atoms with E-state index < -0.39 is 0 Å². The van der Waals surface area contributed by atoms with E-state index in [0.29, 0.717) is 0 Å². The maximum Gasteiger partial charge on any atom is 0.0734 e. The zero-order valence-corrected chi connectivity index (χ0v) is 17.8. The van der Waals surface area contributed by atoms with Gasteiger partial charge in [0, 0.05) is 42.5 Å². The Hall–Kier alpha value is -3.33. The molecular formula is C27H27N3. The molecule has 0 aliphatic rings. The lowest BCUT2D eigenvalue weighted by molar-refractivity contribution is 0.590. The van der Waals surface area contributed by atoms with Gasteiger partial charge in [-0.25, -0.2) is 0 Å². The molecule has 0 saturated heterocycles. The van der Waals surface area contributed by atoms with Gasteiger partial charge in [0.15, 0.2) is 0 Å². The highest BCUT2D eigenvalue weighted by atomic mass is 14.7. The first-order valence-corrected chi connectivity index (χ1v) is 10.4. The molecule has 3 aromatic heterocycles. The summed E-state index contributed by atoms with van der Waals surface area (Å²) in [6.45, 7) is 6.71. The molecular weight excluding hydrogens is 366 g/mol. The lowest BCUT2D eigenvalue weighted by Crippen LogP contribution is -2.10. The molecule has 0 saturated carbocycles. The van der Waals surface area contributed by atoms with Gasteiger partial charge in [0.25, 0.3) is 0 Å². The van der Waals surface area contributed by atoms with Gasteiger partial charge in [0.05, 0.1) is 5.69 Å². The van der Waals surface area contributed by atoms with Crippen LogP contribution in [0.15, 0.2) is 91.6 Å². The lowest BCUT2D eigenvalue weighted by atomic mass is 9.85. The van der Waals surface area contributed by atoms with Crippen LogP contribution < -0.4 is 0 Å². The monoisotopic (exact) mass is 393 g/mol. The molecule has 3 heterocycles. The summed E-state index contributed by atoms with van der Waals surface area (Å²) in [5.74, 6) is 0.171. The Morgan fingerprint density at radius 2 is 1.33 bits per heavy atom. The molecule has 0 amide bonds. The second-order valence-electron chi connectivity index (χ2n) is 8.67. The van der Waals surface area contributed by atoms with Gasteiger partial charge in [-0.15, -0.1) is 0 Å². The quantitative estimate of drug-likeness (QED) is 0.404. The molecule has 0 radical (unpaired) electrons. The molecule has 0 aliphatic heterocycles. The number of rotatable bonds is 5. The molecule has 3 nitrogen and oxygen atoms in total. The molecule has 3 heteroatoms. The van der Waals surface area contributed by atoms with Crippen LogP contribution in [0.4, 0.5) is 0 Å². The van der Waals surface area contributed by atoms with E-state index >= 15 is 0 Å². The molecule has 30 heavy (non-hydrogen) atoms. The van der Waals surface area contributed by atoms with Crippen LogP contribution in [-0.2, 0) is 11.8 Å². The van der Waals surface area contributed by atoms with Crippen molar-refractivity contribution in [3.05, 3.63) is 114 Å². The SMILES string of the molecule is CC(C)(C)c1ccc(-c2ncccc2CC(c2cccnc2)c2cccnc2)cc1. The molecule has 0 bridgehead atoms. The number of benzene rings is 1. The van der Waals surface area contributed by atoms with Crippen molar-refractivity contribution in [3.8, 4) is 11.3 Å². The summed E-state index contributed by atoms with van der Waals surface area (Å²) in [7, 11) is 0. The van der Waals surface area contributed by atoms with Crippen LogP contribution >= 0.6 is 0 Å². The highest BCUT2D eigenvalue weighted by Crippen LogP contribution is 2.32. The van der Waals surface area contributed by atoms with E-state index in [9.17, 15) is 0 Å². The third-order valence-corrected chi connectivity index (χ3v) is 5.51. The van der Waals surface area contributed by atoms with Gasteiger partial charge in [0.1, 0.15) is 0 Å². The van der Waals surface area contributed by atoms with E-state index in [1.54, 1.807) is 0 Å². The van der Waals surface area contributed by atoms with E-state index in [0.717, 1.165) is 17.7 Å². The summed E-state index contributed by atoms with van der Waals surface area (Å²) < 4.78 is 0. The van der Waals surface area contributed by atoms with E-state index in [4.69, 9.17) is 4.98 Å². The molecule has 4 rings (SSSR count). The third kappa shape index (κ3) is 4.46. The minimum Gasteiger partial charge on any atom is -0.264 e. The topological polar surface area (TPSA) is 38.7 Å². The molecule has 0 N–H and O–H groups in total. The Bertz CT molecular complexity index is 1040. The van der Waals surface area contributed by atoms with Crippen molar-refractivity contribution in [1.82, 2.24) is 15.0 Å². The summed E-state index contributed by atoms with van der Waals surface area (Å²) in [5.41, 5.74) is 7.24. The fourth-order valence-electron chi connectivity index (χ4n) is 3.80. The average Bonchev–Trinajstić information content (AvgIpc) is 2.78. The maximum atomic E-state index is 4.75. The van der Waals surface area contributed by atoms with E-state index in [1.165, 1.54) is 22.3 Å². The van der Waals surface area contributed by atoms with Crippen LogP contribution in [0.2, 0.25) is 0 Å². The van der Waals surface area contributed by atoms with Crippen molar-refractivity contribution in [2.75, 3.05) is 0 Å². The van der Waals surface area contributed by atoms with Gasteiger partial charge < -0.3 is 0 Å². The minimum atomic E-state index is 0.136. The first-order chi connectivity index (χ1) is 14.5. The van der Waals surface area contributed by atoms with Crippen molar-refractivity contribution in [2.24, 2.45) is 0 Å². The van der Waals surface area contributed by atoms with Crippen LogP contribution in [0.25, 0.3) is 11.3 Å². The van der Waals surface area contributed by atoms with Crippen molar-refractivity contribution in [1.29, 1.82) is 0 Å². The maximum absolute atomic E-state index is 4.75. The number of aromatic nitrogens is 3. The highest BCUT2D eigenvalue weighted by molar-refractivity contribution is 5.64. The summed E-state index contributed by atoms with van der Waals surface area (Å²) in [4.78, 5) is 13.4. The Labute approximate surface area is 178 Å². The Kier molecular flexibility index (Phi) is 5.71. The first-order valence-electron chi connectivity index (χ1n) is 10.4.